The maximum Gasteiger partial charge on any atom is 0.494 e. The van der Waals surface area contributed by atoms with Gasteiger partial charge in [0, 0.05) is 40.1 Å². The quantitative estimate of drug-likeness (QED) is 0.197. The first-order valence-electron chi connectivity index (χ1n) is 26.1. The Morgan fingerprint density at radius 2 is 0.817 bits per heavy atom. The van der Waals surface area contributed by atoms with Crippen molar-refractivity contribution in [2.24, 2.45) is 0 Å². The van der Waals surface area contributed by atoms with Crippen molar-refractivity contribution in [3.63, 3.8) is 0 Å². The zero-order chi connectivity index (χ0) is 52.2. The third-order valence-corrected chi connectivity index (χ3v) is 17.7. The normalized spacial score (nSPS) is 25.7. The topological polar surface area (TPSA) is 108 Å². The van der Waals surface area contributed by atoms with Crippen molar-refractivity contribution in [1.82, 2.24) is 15.1 Å². The molecule has 6 saturated heterocycles. The lowest BCUT2D eigenvalue weighted by Gasteiger charge is -2.35. The molecule has 0 aliphatic carbocycles. The molecule has 3 aromatic rings. The molecule has 9 rings (SSSR count). The van der Waals surface area contributed by atoms with Crippen molar-refractivity contribution in [2.75, 3.05) is 19.6 Å². The molecule has 0 saturated carbocycles. The van der Waals surface area contributed by atoms with E-state index in [1.165, 1.54) is 62.5 Å². The van der Waals surface area contributed by atoms with Gasteiger partial charge < -0.3 is 43.0 Å². The summed E-state index contributed by atoms with van der Waals surface area (Å²) >= 11 is 4.65. The summed E-state index contributed by atoms with van der Waals surface area (Å²) < 4.78 is 38.6. The van der Waals surface area contributed by atoms with Crippen LogP contribution in [0, 0.1) is 7.14 Å². The molecule has 6 aliphatic rings. The molecule has 3 aromatic carbocycles. The number of piperidine rings is 3. The number of halogens is 2. The Kier molecular flexibility index (Phi) is 19.6. The van der Waals surface area contributed by atoms with Gasteiger partial charge in [0.1, 0.15) is 0 Å². The van der Waals surface area contributed by atoms with Crippen LogP contribution in [-0.2, 0) is 37.5 Å². The predicted molar refractivity (Wildman–Crippen MR) is 305 cm³/mol. The molecule has 6 aliphatic heterocycles. The van der Waals surface area contributed by atoms with E-state index in [9.17, 15) is 9.59 Å². The molecule has 0 bridgehead atoms. The molecule has 1 N–H and O–H groups in total. The number of nitrogens with one attached hydrogen (secondary N) is 1. The highest BCUT2D eigenvalue weighted by atomic mass is 127. The molecule has 0 spiro atoms. The number of amides is 2. The highest BCUT2D eigenvalue weighted by molar-refractivity contribution is 14.1. The van der Waals surface area contributed by atoms with Crippen molar-refractivity contribution in [1.29, 1.82) is 0 Å². The summed E-state index contributed by atoms with van der Waals surface area (Å²) in [4.78, 5) is 27.5. The third kappa shape index (κ3) is 14.5. The first-order valence-corrected chi connectivity index (χ1v) is 28.2. The summed E-state index contributed by atoms with van der Waals surface area (Å²) in [6.45, 7) is 30.7. The van der Waals surface area contributed by atoms with Gasteiger partial charge >= 0.3 is 21.1 Å². The number of carbonyl (C=O) groups is 2. The van der Waals surface area contributed by atoms with Gasteiger partial charge in [0.05, 0.1) is 45.7 Å². The Labute approximate surface area is 455 Å². The lowest BCUT2D eigenvalue weighted by Crippen LogP contribution is -2.41. The van der Waals surface area contributed by atoms with Gasteiger partial charge in [-0.2, -0.15) is 0 Å². The van der Waals surface area contributed by atoms with Gasteiger partial charge in [-0.05, 0) is 233 Å². The number of hydrogen-bond donors (Lipinski definition) is 1. The highest BCUT2D eigenvalue weighted by Crippen LogP contribution is 2.43. The largest absolute Gasteiger partial charge is 0.494 e. The number of hydrogen-bond acceptors (Lipinski definition) is 9. The van der Waals surface area contributed by atoms with Crippen molar-refractivity contribution in [3.05, 3.63) is 96.6 Å². The van der Waals surface area contributed by atoms with Crippen molar-refractivity contribution >= 4 is 83.6 Å². The van der Waals surface area contributed by atoms with E-state index in [1.54, 1.807) is 13.8 Å². The van der Waals surface area contributed by atoms with E-state index < -0.39 is 14.0 Å². The fourth-order valence-corrected chi connectivity index (χ4v) is 10.4. The smallest absolute Gasteiger partial charge is 0.405 e. The summed E-state index contributed by atoms with van der Waals surface area (Å²) in [5.74, 6) is 0.359. The lowest BCUT2D eigenvalue weighted by molar-refractivity contribution is -0.133. The molecule has 71 heavy (non-hydrogen) atoms. The van der Waals surface area contributed by atoms with Crippen LogP contribution < -0.4 is 10.8 Å². The second kappa shape index (κ2) is 23.9. The fourth-order valence-electron chi connectivity index (χ4n) is 9.68. The van der Waals surface area contributed by atoms with Crippen LogP contribution in [-0.4, -0.2) is 96.0 Å². The molecule has 16 heteroatoms. The van der Waals surface area contributed by atoms with Gasteiger partial charge in [-0.15, -0.1) is 0 Å². The lowest BCUT2D eigenvalue weighted by atomic mass is 9.49. The van der Waals surface area contributed by atoms with E-state index in [4.69, 9.17) is 27.9 Å². The van der Waals surface area contributed by atoms with Crippen LogP contribution in [0.1, 0.15) is 190 Å². The van der Waals surface area contributed by atoms with E-state index in [2.05, 4.69) is 151 Å². The first kappa shape index (κ1) is 58.2. The number of likely N-dealkylation sites (tertiary alicyclic amines) is 2. The van der Waals surface area contributed by atoms with Crippen LogP contribution in [0.3, 0.4) is 0 Å². The Bertz CT molecular complexity index is 2140. The monoisotopic (exact) mass is 1200 g/mol. The summed E-state index contributed by atoms with van der Waals surface area (Å²) in [5.41, 5.74) is 2.85. The van der Waals surface area contributed by atoms with Crippen molar-refractivity contribution < 1.29 is 37.5 Å². The van der Waals surface area contributed by atoms with Gasteiger partial charge in [0.25, 0.3) is 0 Å². The molecular weight excluding hydrogens is 1120 g/mol. The Morgan fingerprint density at radius 3 is 1.17 bits per heavy atom. The summed E-state index contributed by atoms with van der Waals surface area (Å²) in [5, 5.41) is 3.55. The number of nitrogens with zero attached hydrogens (tertiary/aromatic N) is 2. The van der Waals surface area contributed by atoms with Crippen LogP contribution in [0.25, 0.3) is 0 Å². The number of carbonyl (C=O) groups excluding carboxylic acids is 2. The standard InChI is InChI=1S/C19H28BNO3.C13H16INO.C12H24B2O4.C11H14IN/c1-14(22)21-13-7-6-8-17(21)15-9-11-16(12-10-15)20-23-18(2,3)19(4,5)24-20;1-10(16)15-9-3-2-4-13(15)11-5-7-12(14)8-6-11;1-9(2)10(3,4)16-13(15-9)14-17-11(5,6)12(7,8)18-14;12-10-6-4-9(5-7-10)11-3-1-2-8-13-11/h9-12,17H,6-8,13H2,1-5H3;5-8,13H,2-4,9H2,1H3;1-8H3;4-7,11,13H,1-3,8H2. The summed E-state index contributed by atoms with van der Waals surface area (Å²) in [7, 11) is -1.29. The van der Waals surface area contributed by atoms with E-state index in [0.29, 0.717) is 12.1 Å². The van der Waals surface area contributed by atoms with Gasteiger partial charge in [-0.1, -0.05) is 55.0 Å². The second-order valence-electron chi connectivity index (χ2n) is 23.1. The molecule has 388 valence electrons. The van der Waals surface area contributed by atoms with Crippen LogP contribution in [0.2, 0.25) is 0 Å². The van der Waals surface area contributed by atoms with Crippen LogP contribution in [0.5, 0.6) is 0 Å². The molecule has 6 fully saturated rings. The fraction of sp³-hybridized carbons (Fsp3) is 0.636. The van der Waals surface area contributed by atoms with Gasteiger partial charge in [0.2, 0.25) is 11.8 Å². The van der Waals surface area contributed by atoms with E-state index in [0.717, 1.165) is 44.2 Å². The minimum absolute atomic E-state index is 0.162. The average Bonchev–Trinajstić information content (AvgIpc) is 3.79. The van der Waals surface area contributed by atoms with Crippen LogP contribution in [0.15, 0.2) is 72.8 Å². The maximum absolute atomic E-state index is 11.9. The minimum Gasteiger partial charge on any atom is -0.405 e. The SMILES string of the molecule is CC(=O)N1CCCCC1c1ccc(B2OC(C)(C)C(C)(C)O2)cc1.CC(=O)N1CCCCC1c1ccc(I)cc1.CC1(C)OB(B2OC(C)(C)C(C)(C)O2)OC1(C)C.Ic1ccc(C2CCCCN2)cc1. The van der Waals surface area contributed by atoms with Crippen LogP contribution in [0.4, 0.5) is 0 Å². The predicted octanol–water partition coefficient (Wildman–Crippen LogP) is 11.8. The van der Waals surface area contributed by atoms with Gasteiger partial charge in [0.15, 0.2) is 0 Å². The Balaban J connectivity index is 0.000000159. The van der Waals surface area contributed by atoms with Crippen molar-refractivity contribution in [2.45, 2.75) is 206 Å². The van der Waals surface area contributed by atoms with Gasteiger partial charge in [-0.3, -0.25) is 9.59 Å². The van der Waals surface area contributed by atoms with Crippen LogP contribution >= 0.6 is 45.2 Å². The maximum atomic E-state index is 11.9. The Hall–Kier alpha value is -2.03. The zero-order valence-electron chi connectivity index (χ0n) is 45.3. The molecule has 0 radical (unpaired) electrons. The molecule has 0 aromatic heterocycles. The molecule has 11 nitrogen and oxygen atoms in total. The second-order valence-corrected chi connectivity index (χ2v) is 25.5. The zero-order valence-corrected chi connectivity index (χ0v) is 49.6. The Morgan fingerprint density at radius 1 is 0.479 bits per heavy atom. The summed E-state index contributed by atoms with van der Waals surface area (Å²) in [6, 6.07) is 26.9. The number of rotatable bonds is 5. The summed E-state index contributed by atoms with van der Waals surface area (Å²) in [6.07, 6.45) is 10.8. The molecule has 2 amide bonds. The van der Waals surface area contributed by atoms with E-state index in [1.807, 2.05) is 65.2 Å². The number of benzene rings is 3. The van der Waals surface area contributed by atoms with E-state index in [-0.39, 0.29) is 58.6 Å². The molecular formula is C55H82B3I2N3O8. The van der Waals surface area contributed by atoms with Gasteiger partial charge in [-0.25, -0.2) is 0 Å². The molecule has 3 atom stereocenters. The first-order chi connectivity index (χ1) is 33.1. The third-order valence-electron chi connectivity index (χ3n) is 16.3. The van der Waals surface area contributed by atoms with E-state index >= 15 is 0 Å². The minimum atomic E-state index is -0.476. The average molecular weight is 1200 g/mol. The molecule has 3 unspecified atom stereocenters. The highest BCUT2D eigenvalue weighted by Gasteiger charge is 2.63. The van der Waals surface area contributed by atoms with Crippen molar-refractivity contribution in [3.8, 4) is 0 Å². The molecule has 6 heterocycles.